The lowest BCUT2D eigenvalue weighted by molar-refractivity contribution is -0.143. The third-order valence-corrected chi connectivity index (χ3v) is 4.05. The van der Waals surface area contributed by atoms with Gasteiger partial charge in [0, 0.05) is 23.7 Å². The summed E-state index contributed by atoms with van der Waals surface area (Å²) in [5.74, 6) is 0.195. The topological polar surface area (TPSA) is 55.8 Å². The molecule has 0 N–H and O–H groups in total. The number of carbonyl (C=O) groups is 2. The smallest absolute Gasteiger partial charge is 0.307 e. The summed E-state index contributed by atoms with van der Waals surface area (Å²) in [6.45, 7) is 2.72. The minimum Gasteiger partial charge on any atom is -0.497 e. The minimum atomic E-state index is -0.323. The first kappa shape index (κ1) is 19.8. The van der Waals surface area contributed by atoms with Crippen LogP contribution in [-0.4, -0.2) is 37.0 Å². The van der Waals surface area contributed by atoms with Crippen LogP contribution < -0.4 is 4.74 Å². The number of benzene rings is 2. The summed E-state index contributed by atoms with van der Waals surface area (Å²) >= 11 is 5.92. The van der Waals surface area contributed by atoms with E-state index in [-0.39, 0.29) is 24.8 Å². The van der Waals surface area contributed by atoms with Gasteiger partial charge in [0.05, 0.1) is 20.1 Å². The first-order valence-electron chi connectivity index (χ1n) is 8.37. The molecule has 2 aromatic carbocycles. The van der Waals surface area contributed by atoms with Gasteiger partial charge in [0.2, 0.25) is 0 Å². The van der Waals surface area contributed by atoms with Crippen molar-refractivity contribution >= 4 is 23.5 Å². The van der Waals surface area contributed by atoms with Crippen molar-refractivity contribution in [1.29, 1.82) is 0 Å². The van der Waals surface area contributed by atoms with Gasteiger partial charge in [0.15, 0.2) is 0 Å². The Labute approximate surface area is 158 Å². The van der Waals surface area contributed by atoms with Crippen LogP contribution in [-0.2, 0) is 16.1 Å². The molecule has 0 saturated carbocycles. The molecule has 2 aromatic rings. The highest BCUT2D eigenvalue weighted by molar-refractivity contribution is 6.30. The number of methoxy groups -OCH3 is 1. The number of nitrogens with zero attached hydrogens (tertiary/aromatic N) is 1. The SMILES string of the molecule is CCOC(=O)CCN(Cc1ccc(Cl)cc1)C(=O)c1ccc(OC)cc1. The maximum absolute atomic E-state index is 12.9. The number of esters is 1. The first-order valence-corrected chi connectivity index (χ1v) is 8.74. The molecule has 0 fully saturated rings. The van der Waals surface area contributed by atoms with E-state index < -0.39 is 0 Å². The average molecular weight is 376 g/mol. The van der Waals surface area contributed by atoms with E-state index in [9.17, 15) is 9.59 Å². The fourth-order valence-corrected chi connectivity index (χ4v) is 2.56. The highest BCUT2D eigenvalue weighted by Gasteiger charge is 2.18. The monoisotopic (exact) mass is 375 g/mol. The molecule has 0 aliphatic rings. The molecule has 138 valence electrons. The molecule has 2 rings (SSSR count). The van der Waals surface area contributed by atoms with Gasteiger partial charge in [-0.3, -0.25) is 9.59 Å². The summed E-state index contributed by atoms with van der Waals surface area (Å²) in [7, 11) is 1.57. The van der Waals surface area contributed by atoms with Crippen molar-refractivity contribution in [3.8, 4) is 5.75 Å². The molecule has 0 heterocycles. The maximum Gasteiger partial charge on any atom is 0.307 e. The zero-order valence-electron chi connectivity index (χ0n) is 14.9. The van der Waals surface area contributed by atoms with Gasteiger partial charge in [-0.05, 0) is 48.9 Å². The fraction of sp³-hybridized carbons (Fsp3) is 0.300. The summed E-state index contributed by atoms with van der Waals surface area (Å²) in [5, 5.41) is 0.633. The molecule has 0 unspecified atom stereocenters. The van der Waals surface area contributed by atoms with Gasteiger partial charge < -0.3 is 14.4 Å². The van der Waals surface area contributed by atoms with Crippen LogP contribution in [0.1, 0.15) is 29.3 Å². The zero-order valence-corrected chi connectivity index (χ0v) is 15.7. The van der Waals surface area contributed by atoms with Crippen molar-refractivity contribution in [3.63, 3.8) is 0 Å². The van der Waals surface area contributed by atoms with Crippen LogP contribution in [0.2, 0.25) is 5.02 Å². The van der Waals surface area contributed by atoms with Gasteiger partial charge in [-0.25, -0.2) is 0 Å². The van der Waals surface area contributed by atoms with E-state index >= 15 is 0 Å². The van der Waals surface area contributed by atoms with Crippen molar-refractivity contribution < 1.29 is 19.1 Å². The molecule has 0 saturated heterocycles. The van der Waals surface area contributed by atoms with Gasteiger partial charge in [-0.2, -0.15) is 0 Å². The van der Waals surface area contributed by atoms with E-state index in [0.717, 1.165) is 5.56 Å². The normalized spacial score (nSPS) is 10.3. The van der Waals surface area contributed by atoms with Crippen LogP contribution in [0.3, 0.4) is 0 Å². The lowest BCUT2D eigenvalue weighted by atomic mass is 10.1. The Morgan fingerprint density at radius 1 is 1.04 bits per heavy atom. The van der Waals surface area contributed by atoms with E-state index in [4.69, 9.17) is 21.1 Å². The Morgan fingerprint density at radius 3 is 2.27 bits per heavy atom. The molecule has 0 bridgehead atoms. The second kappa shape index (κ2) is 9.82. The highest BCUT2D eigenvalue weighted by atomic mass is 35.5. The molecule has 26 heavy (non-hydrogen) atoms. The summed E-state index contributed by atoms with van der Waals surface area (Å²) in [5.41, 5.74) is 1.46. The van der Waals surface area contributed by atoms with Crippen molar-refractivity contribution in [3.05, 3.63) is 64.7 Å². The van der Waals surface area contributed by atoms with Gasteiger partial charge >= 0.3 is 5.97 Å². The quantitative estimate of drug-likeness (QED) is 0.656. The predicted molar refractivity (Wildman–Crippen MR) is 100 cm³/mol. The van der Waals surface area contributed by atoms with Crippen LogP contribution in [0.4, 0.5) is 0 Å². The van der Waals surface area contributed by atoms with E-state index in [2.05, 4.69) is 0 Å². The molecule has 0 aromatic heterocycles. The summed E-state index contributed by atoms with van der Waals surface area (Å²) in [6.07, 6.45) is 0.142. The first-order chi connectivity index (χ1) is 12.5. The van der Waals surface area contributed by atoms with E-state index in [1.807, 2.05) is 12.1 Å². The second-order valence-corrected chi connectivity index (χ2v) is 6.07. The molecule has 5 nitrogen and oxygen atoms in total. The average Bonchev–Trinajstić information content (AvgIpc) is 2.66. The van der Waals surface area contributed by atoms with Crippen LogP contribution in [0.15, 0.2) is 48.5 Å². The number of ether oxygens (including phenoxy) is 2. The molecule has 1 amide bonds. The van der Waals surface area contributed by atoms with Crippen LogP contribution in [0.25, 0.3) is 0 Å². The van der Waals surface area contributed by atoms with Gasteiger partial charge in [0.1, 0.15) is 5.75 Å². The van der Waals surface area contributed by atoms with Crippen LogP contribution in [0, 0.1) is 0 Å². The van der Waals surface area contributed by atoms with Gasteiger partial charge in [-0.1, -0.05) is 23.7 Å². The molecular weight excluding hydrogens is 354 g/mol. The van der Waals surface area contributed by atoms with Crippen molar-refractivity contribution in [2.75, 3.05) is 20.3 Å². The zero-order chi connectivity index (χ0) is 18.9. The molecular formula is C20H22ClNO4. The molecule has 0 spiro atoms. The largest absolute Gasteiger partial charge is 0.497 e. The van der Waals surface area contributed by atoms with E-state index in [0.29, 0.717) is 29.5 Å². The third-order valence-electron chi connectivity index (χ3n) is 3.80. The Kier molecular flexibility index (Phi) is 7.48. The maximum atomic E-state index is 12.9. The van der Waals surface area contributed by atoms with Crippen molar-refractivity contribution in [2.24, 2.45) is 0 Å². The van der Waals surface area contributed by atoms with Crippen LogP contribution in [0.5, 0.6) is 5.75 Å². The lowest BCUT2D eigenvalue weighted by Crippen LogP contribution is -2.32. The van der Waals surface area contributed by atoms with Crippen molar-refractivity contribution in [2.45, 2.75) is 19.9 Å². The molecule has 0 aliphatic carbocycles. The van der Waals surface area contributed by atoms with E-state index in [1.54, 1.807) is 55.3 Å². The minimum absolute atomic E-state index is 0.142. The molecule has 0 radical (unpaired) electrons. The van der Waals surface area contributed by atoms with Gasteiger partial charge in [0.25, 0.3) is 5.91 Å². The predicted octanol–water partition coefficient (Wildman–Crippen LogP) is 3.94. The summed E-state index contributed by atoms with van der Waals surface area (Å²) in [6, 6.07) is 14.2. The number of carbonyl (C=O) groups excluding carboxylic acids is 2. The van der Waals surface area contributed by atoms with Crippen LogP contribution >= 0.6 is 11.6 Å². The second-order valence-electron chi connectivity index (χ2n) is 5.64. The summed E-state index contributed by atoms with van der Waals surface area (Å²) < 4.78 is 10.1. The van der Waals surface area contributed by atoms with Gasteiger partial charge in [-0.15, -0.1) is 0 Å². The number of halogens is 1. The Morgan fingerprint density at radius 2 is 1.69 bits per heavy atom. The number of rotatable bonds is 8. The number of amides is 1. The molecule has 0 aliphatic heterocycles. The molecule has 0 atom stereocenters. The number of hydrogen-bond acceptors (Lipinski definition) is 4. The third kappa shape index (κ3) is 5.77. The standard InChI is InChI=1S/C20H22ClNO4/c1-3-26-19(23)12-13-22(14-15-4-8-17(21)9-5-15)20(24)16-6-10-18(25-2)11-7-16/h4-11H,3,12-14H2,1-2H3. The number of hydrogen-bond donors (Lipinski definition) is 0. The van der Waals surface area contributed by atoms with Crippen molar-refractivity contribution in [1.82, 2.24) is 4.90 Å². The Hall–Kier alpha value is -2.53. The highest BCUT2D eigenvalue weighted by Crippen LogP contribution is 2.16. The Bertz CT molecular complexity index is 728. The van der Waals surface area contributed by atoms with E-state index in [1.165, 1.54) is 0 Å². The molecule has 6 heteroatoms. The summed E-state index contributed by atoms with van der Waals surface area (Å²) in [4.78, 5) is 26.2. The lowest BCUT2D eigenvalue weighted by Gasteiger charge is -2.23. The Balaban J connectivity index is 2.15. The fourth-order valence-electron chi connectivity index (χ4n) is 2.44.